The van der Waals surface area contributed by atoms with Crippen LogP contribution in [0.2, 0.25) is 0 Å². The maximum atomic E-state index is 13.3. The van der Waals surface area contributed by atoms with Gasteiger partial charge < -0.3 is 4.52 Å². The van der Waals surface area contributed by atoms with Crippen LogP contribution in [0.1, 0.15) is 43.2 Å². The molecular weight excluding hydrogens is 474 g/mol. The third kappa shape index (κ3) is 5.39. The van der Waals surface area contributed by atoms with Gasteiger partial charge in [0.05, 0.1) is 23.4 Å². The maximum absolute atomic E-state index is 13.3. The molecule has 0 spiro atoms. The first-order valence-corrected chi connectivity index (χ1v) is 10.5. The number of hydrogen-bond donors (Lipinski definition) is 0. The average molecular weight is 494 g/mol. The predicted molar refractivity (Wildman–Crippen MR) is 115 cm³/mol. The van der Waals surface area contributed by atoms with Crippen molar-refractivity contribution < 1.29 is 30.9 Å². The molecule has 11 heteroatoms. The minimum absolute atomic E-state index is 0.0506. The fraction of sp³-hybridized carbons (Fsp3) is 0.292. The van der Waals surface area contributed by atoms with Crippen LogP contribution < -0.4 is 0 Å². The lowest BCUT2D eigenvalue weighted by Gasteiger charge is -2.14. The van der Waals surface area contributed by atoms with Crippen LogP contribution in [0.3, 0.4) is 0 Å². The molecule has 0 aliphatic carbocycles. The average Bonchev–Trinajstić information content (AvgIpc) is 3.40. The fourth-order valence-electron chi connectivity index (χ4n) is 3.36. The highest BCUT2D eigenvalue weighted by Crippen LogP contribution is 2.38. The molecule has 35 heavy (non-hydrogen) atoms. The molecule has 0 aliphatic heterocycles. The molecule has 0 aliphatic rings. The second kappa shape index (κ2) is 8.54. The molecule has 2 heterocycles. The molecule has 0 N–H and O–H groups in total. The molecule has 0 bridgehead atoms. The monoisotopic (exact) mass is 494 g/mol. The first-order valence-electron chi connectivity index (χ1n) is 10.5. The van der Waals surface area contributed by atoms with E-state index in [0.717, 1.165) is 5.56 Å². The molecule has 0 amide bonds. The Morgan fingerprint density at radius 1 is 0.829 bits per heavy atom. The Hall–Kier alpha value is -3.63. The summed E-state index contributed by atoms with van der Waals surface area (Å²) in [5, 5.41) is 8.29. The largest absolute Gasteiger partial charge is 0.416 e. The highest BCUT2D eigenvalue weighted by atomic mass is 19.4. The quantitative estimate of drug-likeness (QED) is 0.287. The molecular formula is C24H20F6N4O. The van der Waals surface area contributed by atoms with Gasteiger partial charge in [0.15, 0.2) is 0 Å². The lowest BCUT2D eigenvalue weighted by Crippen LogP contribution is -2.13. The summed E-state index contributed by atoms with van der Waals surface area (Å²) in [6.45, 7) is 6.19. The van der Waals surface area contributed by atoms with Crippen LogP contribution in [0.5, 0.6) is 0 Å². The summed E-state index contributed by atoms with van der Waals surface area (Å²) in [7, 11) is 0. The van der Waals surface area contributed by atoms with Crippen LogP contribution in [-0.2, 0) is 24.3 Å². The third-order valence-electron chi connectivity index (χ3n) is 5.21. The van der Waals surface area contributed by atoms with E-state index in [1.165, 1.54) is 0 Å². The van der Waals surface area contributed by atoms with Crippen molar-refractivity contribution in [2.75, 3.05) is 0 Å². The first kappa shape index (κ1) is 24.5. The van der Waals surface area contributed by atoms with Crippen molar-refractivity contribution in [1.82, 2.24) is 19.9 Å². The summed E-state index contributed by atoms with van der Waals surface area (Å²) in [4.78, 5) is 4.12. The van der Waals surface area contributed by atoms with E-state index in [1.807, 2.05) is 51.1 Å². The third-order valence-corrected chi connectivity index (χ3v) is 5.21. The number of nitrogens with zero attached hydrogens (tertiary/aromatic N) is 4. The van der Waals surface area contributed by atoms with Gasteiger partial charge in [-0.2, -0.15) is 36.4 Å². The van der Waals surface area contributed by atoms with Crippen LogP contribution in [0.4, 0.5) is 26.3 Å². The second-order valence-corrected chi connectivity index (χ2v) is 9.03. The molecule has 4 aromatic rings. The highest BCUT2D eigenvalue weighted by Gasteiger charge is 2.37. The number of halogens is 6. The van der Waals surface area contributed by atoms with Crippen molar-refractivity contribution in [3.8, 4) is 23.0 Å². The van der Waals surface area contributed by atoms with Gasteiger partial charge in [-0.3, -0.25) is 4.68 Å². The molecule has 0 unspecified atom stereocenters. The fourth-order valence-corrected chi connectivity index (χ4v) is 3.36. The molecule has 0 fully saturated rings. The Labute approximate surface area is 196 Å². The van der Waals surface area contributed by atoms with Crippen molar-refractivity contribution in [3.63, 3.8) is 0 Å². The Bertz CT molecular complexity index is 1300. The Balaban J connectivity index is 1.79. The zero-order valence-corrected chi connectivity index (χ0v) is 18.9. The Morgan fingerprint density at radius 3 is 1.97 bits per heavy atom. The van der Waals surface area contributed by atoms with E-state index in [9.17, 15) is 26.3 Å². The summed E-state index contributed by atoms with van der Waals surface area (Å²) in [6, 6.07) is 12.3. The smallest absolute Gasteiger partial charge is 0.332 e. The zero-order valence-electron chi connectivity index (χ0n) is 18.9. The molecule has 0 radical (unpaired) electrons. The van der Waals surface area contributed by atoms with Gasteiger partial charge in [0.1, 0.15) is 5.69 Å². The number of aromatic nitrogens is 4. The van der Waals surface area contributed by atoms with Crippen molar-refractivity contribution in [2.24, 2.45) is 0 Å². The molecule has 2 aromatic heterocycles. The molecule has 0 saturated carbocycles. The summed E-state index contributed by atoms with van der Waals surface area (Å²) in [6.07, 6.45) is -9.98. The number of alkyl halides is 6. The Kier molecular flexibility index (Phi) is 5.98. The van der Waals surface area contributed by atoms with Gasteiger partial charge in [-0.05, 0) is 29.8 Å². The minimum Gasteiger partial charge on any atom is -0.332 e. The van der Waals surface area contributed by atoms with Gasteiger partial charge in [0, 0.05) is 11.0 Å². The molecule has 0 atom stereocenters. The van der Waals surface area contributed by atoms with Crippen molar-refractivity contribution in [1.29, 1.82) is 0 Å². The van der Waals surface area contributed by atoms with Crippen LogP contribution >= 0.6 is 0 Å². The van der Waals surface area contributed by atoms with Crippen molar-refractivity contribution >= 4 is 0 Å². The van der Waals surface area contributed by atoms with Gasteiger partial charge in [-0.15, -0.1) is 0 Å². The summed E-state index contributed by atoms with van der Waals surface area (Å²) in [5.74, 6) is -0.480. The minimum atomic E-state index is -4.99. The number of hydrogen-bond acceptors (Lipinski definition) is 4. The van der Waals surface area contributed by atoms with Crippen LogP contribution in [0, 0.1) is 0 Å². The summed E-state index contributed by atoms with van der Waals surface area (Å²) < 4.78 is 86.4. The number of rotatable bonds is 4. The van der Waals surface area contributed by atoms with E-state index in [0.29, 0.717) is 30.1 Å². The van der Waals surface area contributed by atoms with E-state index in [2.05, 4.69) is 15.2 Å². The first-order chi connectivity index (χ1) is 16.2. The SMILES string of the molecule is CC(C)(C)c1cc(-c2nc(-c3cc(C(F)(F)F)cc(C(F)(F)F)c3)no2)n(Cc2ccccc2)n1. The van der Waals surface area contributed by atoms with Gasteiger partial charge in [0.25, 0.3) is 5.89 Å². The molecule has 4 rings (SSSR count). The normalized spacial score (nSPS) is 12.8. The number of benzene rings is 2. The summed E-state index contributed by atoms with van der Waals surface area (Å²) >= 11 is 0. The van der Waals surface area contributed by atoms with Crippen molar-refractivity contribution in [3.05, 3.63) is 77.0 Å². The zero-order chi connectivity index (χ0) is 25.6. The predicted octanol–water partition coefficient (Wildman–Crippen LogP) is 6.98. The van der Waals surface area contributed by atoms with E-state index >= 15 is 0 Å². The van der Waals surface area contributed by atoms with Crippen molar-refractivity contribution in [2.45, 2.75) is 45.1 Å². The lowest BCUT2D eigenvalue weighted by molar-refractivity contribution is -0.143. The molecule has 184 valence electrons. The maximum Gasteiger partial charge on any atom is 0.416 e. The van der Waals surface area contributed by atoms with E-state index in [1.54, 1.807) is 10.7 Å². The molecule has 5 nitrogen and oxygen atoms in total. The van der Waals surface area contributed by atoms with Crippen LogP contribution in [-0.4, -0.2) is 19.9 Å². The van der Waals surface area contributed by atoms with Gasteiger partial charge in [0.2, 0.25) is 5.82 Å². The Morgan fingerprint density at radius 2 is 1.43 bits per heavy atom. The molecule has 0 saturated heterocycles. The second-order valence-electron chi connectivity index (χ2n) is 9.03. The van der Waals surface area contributed by atoms with E-state index in [4.69, 9.17) is 4.52 Å². The summed E-state index contributed by atoms with van der Waals surface area (Å²) in [5.41, 5.74) is -1.72. The highest BCUT2D eigenvalue weighted by molar-refractivity contribution is 5.61. The van der Waals surface area contributed by atoms with Crippen LogP contribution in [0.25, 0.3) is 23.0 Å². The molecule has 2 aromatic carbocycles. The standard InChI is InChI=1S/C24H20F6N4O/c1-22(2,3)19-12-18(34(32-19)13-14-7-5-4-6-8-14)21-31-20(33-35-21)15-9-16(23(25,26)27)11-17(10-15)24(28,29)30/h4-12H,13H2,1-3H3. The van der Waals surface area contributed by atoms with E-state index < -0.39 is 34.9 Å². The topological polar surface area (TPSA) is 56.7 Å². The van der Waals surface area contributed by atoms with Gasteiger partial charge in [-0.1, -0.05) is 56.3 Å². The van der Waals surface area contributed by atoms with Gasteiger partial charge >= 0.3 is 12.4 Å². The van der Waals surface area contributed by atoms with E-state index in [-0.39, 0.29) is 17.4 Å². The lowest BCUT2D eigenvalue weighted by atomic mass is 9.92. The van der Waals surface area contributed by atoms with Crippen LogP contribution in [0.15, 0.2) is 59.1 Å². The van der Waals surface area contributed by atoms with Gasteiger partial charge in [-0.25, -0.2) is 0 Å².